The summed E-state index contributed by atoms with van der Waals surface area (Å²) in [6.45, 7) is 3.43. The lowest BCUT2D eigenvalue weighted by molar-refractivity contribution is -0.128. The number of alkyl halides is 1. The summed E-state index contributed by atoms with van der Waals surface area (Å²) in [4.78, 5) is 17.2. The fraction of sp³-hybridized carbons (Fsp3) is 0.750. The summed E-state index contributed by atoms with van der Waals surface area (Å²) >= 11 is 2.15. The lowest BCUT2D eigenvalue weighted by Crippen LogP contribution is -2.31. The standard InChI is InChI=1S/C11H18N2O.CH3I/c1-10-6-7-11(14)13(10)9-5-4-8-12(2)3;1-2/h10H,6-9H2,1-3H3;1H3. The molecular formula is C12H21IN2O. The van der Waals surface area contributed by atoms with Crippen molar-refractivity contribution in [3.63, 3.8) is 0 Å². The number of hydrogen-bond acceptors (Lipinski definition) is 2. The Kier molecular flexibility index (Phi) is 8.67. The van der Waals surface area contributed by atoms with E-state index < -0.39 is 0 Å². The molecule has 0 aromatic carbocycles. The van der Waals surface area contributed by atoms with Gasteiger partial charge in [-0.1, -0.05) is 34.4 Å². The van der Waals surface area contributed by atoms with Crippen LogP contribution in [0.2, 0.25) is 0 Å². The zero-order valence-corrected chi connectivity index (χ0v) is 12.7. The normalized spacial score (nSPS) is 19.0. The van der Waals surface area contributed by atoms with Crippen LogP contribution in [0.15, 0.2) is 0 Å². The highest BCUT2D eigenvalue weighted by Crippen LogP contribution is 2.16. The van der Waals surface area contributed by atoms with Crippen molar-refractivity contribution in [3.8, 4) is 11.8 Å². The number of halogens is 1. The predicted octanol–water partition coefficient (Wildman–Crippen LogP) is 1.61. The van der Waals surface area contributed by atoms with Gasteiger partial charge in [0.05, 0.1) is 13.1 Å². The van der Waals surface area contributed by atoms with Crippen molar-refractivity contribution in [1.29, 1.82) is 0 Å². The summed E-state index contributed by atoms with van der Waals surface area (Å²) in [6.07, 6.45) is 1.67. The van der Waals surface area contributed by atoms with Crippen LogP contribution in [0, 0.1) is 11.8 Å². The van der Waals surface area contributed by atoms with Crippen molar-refractivity contribution < 1.29 is 4.79 Å². The zero-order valence-electron chi connectivity index (χ0n) is 10.6. The van der Waals surface area contributed by atoms with Gasteiger partial charge in [0.1, 0.15) is 0 Å². The summed E-state index contributed by atoms with van der Waals surface area (Å²) < 4.78 is 0. The van der Waals surface area contributed by atoms with E-state index in [1.54, 1.807) is 0 Å². The summed E-state index contributed by atoms with van der Waals surface area (Å²) in [7, 11) is 3.97. The molecule has 0 saturated carbocycles. The molecule has 1 heterocycles. The average molecular weight is 336 g/mol. The third-order valence-electron chi connectivity index (χ3n) is 2.40. The molecule has 0 N–H and O–H groups in total. The van der Waals surface area contributed by atoms with Gasteiger partial charge in [-0.3, -0.25) is 9.69 Å². The highest BCUT2D eigenvalue weighted by Gasteiger charge is 2.26. The van der Waals surface area contributed by atoms with Crippen LogP contribution in [0.5, 0.6) is 0 Å². The number of likely N-dealkylation sites (tertiary alicyclic amines) is 1. The van der Waals surface area contributed by atoms with Crippen molar-refractivity contribution >= 4 is 28.5 Å². The Morgan fingerprint density at radius 3 is 2.50 bits per heavy atom. The van der Waals surface area contributed by atoms with Crippen LogP contribution in [0.25, 0.3) is 0 Å². The van der Waals surface area contributed by atoms with Gasteiger partial charge in [-0.15, -0.1) is 0 Å². The highest BCUT2D eigenvalue weighted by molar-refractivity contribution is 14.1. The molecule has 1 amide bonds. The van der Waals surface area contributed by atoms with Crippen molar-refractivity contribution in [2.45, 2.75) is 25.8 Å². The molecule has 0 aromatic rings. The summed E-state index contributed by atoms with van der Waals surface area (Å²) in [5.41, 5.74) is 0. The molecule has 16 heavy (non-hydrogen) atoms. The van der Waals surface area contributed by atoms with Gasteiger partial charge in [-0.25, -0.2) is 0 Å². The molecule has 0 radical (unpaired) electrons. The van der Waals surface area contributed by atoms with Gasteiger partial charge in [0.25, 0.3) is 0 Å². The van der Waals surface area contributed by atoms with Crippen LogP contribution in [-0.4, -0.2) is 53.9 Å². The lowest BCUT2D eigenvalue weighted by Gasteiger charge is -2.18. The Bertz CT molecular complexity index is 268. The second kappa shape index (κ2) is 8.82. The topological polar surface area (TPSA) is 23.6 Å². The monoisotopic (exact) mass is 336 g/mol. The summed E-state index contributed by atoms with van der Waals surface area (Å²) in [5.74, 6) is 6.31. The van der Waals surface area contributed by atoms with Gasteiger partial charge in [0, 0.05) is 12.5 Å². The number of carbonyl (C=O) groups excluding carboxylic acids is 1. The fourth-order valence-electron chi connectivity index (χ4n) is 1.48. The quantitative estimate of drug-likeness (QED) is 0.435. The Labute approximate surface area is 113 Å². The molecule has 1 rings (SSSR count). The molecule has 0 bridgehead atoms. The van der Waals surface area contributed by atoms with E-state index in [-0.39, 0.29) is 5.91 Å². The minimum Gasteiger partial charge on any atom is -0.329 e. The zero-order chi connectivity index (χ0) is 12.6. The molecule has 1 atom stereocenters. The highest BCUT2D eigenvalue weighted by atomic mass is 127. The maximum Gasteiger partial charge on any atom is 0.223 e. The maximum absolute atomic E-state index is 11.4. The SMILES string of the molecule is CC1CCC(=O)N1CC#CCN(C)C.CI. The van der Waals surface area contributed by atoms with Gasteiger partial charge < -0.3 is 4.90 Å². The first-order chi connectivity index (χ1) is 7.61. The number of carbonyl (C=O) groups is 1. The molecule has 4 heteroatoms. The molecule has 1 unspecified atom stereocenters. The number of rotatable bonds is 2. The second-order valence-corrected chi connectivity index (χ2v) is 4.00. The van der Waals surface area contributed by atoms with Crippen LogP contribution in [0.3, 0.4) is 0 Å². The molecule has 1 saturated heterocycles. The van der Waals surface area contributed by atoms with Crippen LogP contribution in [-0.2, 0) is 4.79 Å². The van der Waals surface area contributed by atoms with E-state index >= 15 is 0 Å². The minimum absolute atomic E-state index is 0.247. The van der Waals surface area contributed by atoms with Crippen molar-refractivity contribution in [1.82, 2.24) is 9.80 Å². The third kappa shape index (κ3) is 5.71. The van der Waals surface area contributed by atoms with Gasteiger partial charge in [0.15, 0.2) is 0 Å². The molecule has 3 nitrogen and oxygen atoms in total. The molecular weight excluding hydrogens is 315 g/mol. The molecule has 1 fully saturated rings. The summed E-state index contributed by atoms with van der Waals surface area (Å²) in [6, 6.07) is 0.371. The minimum atomic E-state index is 0.247. The van der Waals surface area contributed by atoms with Crippen molar-refractivity contribution in [2.24, 2.45) is 0 Å². The van der Waals surface area contributed by atoms with Gasteiger partial charge in [-0.2, -0.15) is 0 Å². The molecule has 0 aliphatic carbocycles. The van der Waals surface area contributed by atoms with E-state index in [1.165, 1.54) is 0 Å². The van der Waals surface area contributed by atoms with Crippen molar-refractivity contribution in [2.75, 3.05) is 32.1 Å². The van der Waals surface area contributed by atoms with E-state index in [1.807, 2.05) is 28.8 Å². The first-order valence-corrected chi connectivity index (χ1v) is 7.54. The van der Waals surface area contributed by atoms with Crippen molar-refractivity contribution in [3.05, 3.63) is 0 Å². The molecule has 1 aliphatic rings. The number of nitrogens with zero attached hydrogens (tertiary/aromatic N) is 2. The predicted molar refractivity (Wildman–Crippen MR) is 76.7 cm³/mol. The largest absolute Gasteiger partial charge is 0.329 e. The summed E-state index contributed by atoms with van der Waals surface area (Å²) in [5, 5.41) is 0. The van der Waals surface area contributed by atoms with E-state index in [2.05, 4.69) is 41.4 Å². The Hall–Kier alpha value is -0.280. The average Bonchev–Trinajstić information content (AvgIpc) is 2.57. The fourth-order valence-corrected chi connectivity index (χ4v) is 1.48. The maximum atomic E-state index is 11.4. The van der Waals surface area contributed by atoms with Crippen LogP contribution < -0.4 is 0 Å². The molecule has 1 aliphatic heterocycles. The second-order valence-electron chi connectivity index (χ2n) is 4.00. The smallest absolute Gasteiger partial charge is 0.223 e. The third-order valence-corrected chi connectivity index (χ3v) is 2.40. The number of hydrogen-bond donors (Lipinski definition) is 0. The van der Waals surface area contributed by atoms with E-state index in [0.29, 0.717) is 19.0 Å². The Morgan fingerprint density at radius 1 is 1.44 bits per heavy atom. The van der Waals surface area contributed by atoms with Gasteiger partial charge in [-0.05, 0) is 32.4 Å². The van der Waals surface area contributed by atoms with Crippen LogP contribution in [0.4, 0.5) is 0 Å². The molecule has 92 valence electrons. The molecule has 0 spiro atoms. The van der Waals surface area contributed by atoms with Crippen LogP contribution in [0.1, 0.15) is 19.8 Å². The number of amides is 1. The Morgan fingerprint density at radius 2 is 2.06 bits per heavy atom. The first kappa shape index (κ1) is 15.7. The lowest BCUT2D eigenvalue weighted by atomic mass is 10.2. The first-order valence-electron chi connectivity index (χ1n) is 5.39. The van der Waals surface area contributed by atoms with Gasteiger partial charge in [0.2, 0.25) is 5.91 Å². The van der Waals surface area contributed by atoms with E-state index in [0.717, 1.165) is 13.0 Å². The van der Waals surface area contributed by atoms with Gasteiger partial charge >= 0.3 is 0 Å². The molecule has 0 aromatic heterocycles. The van der Waals surface area contributed by atoms with E-state index in [9.17, 15) is 4.79 Å². The van der Waals surface area contributed by atoms with E-state index in [4.69, 9.17) is 0 Å². The van der Waals surface area contributed by atoms with Crippen LogP contribution >= 0.6 is 22.6 Å². The Balaban J connectivity index is 0.00000106.